The Morgan fingerprint density at radius 1 is 1.31 bits per heavy atom. The highest BCUT2D eigenvalue weighted by Gasteiger charge is 2.32. The molecule has 0 radical (unpaired) electrons. The Hall–Kier alpha value is -3.01. The van der Waals surface area contributed by atoms with Gasteiger partial charge in [-0.05, 0) is 55.7 Å². The fourth-order valence-corrected chi connectivity index (χ4v) is 3.57. The van der Waals surface area contributed by atoms with E-state index in [1.54, 1.807) is 13.2 Å². The largest absolute Gasteiger partial charge is 0.478 e. The molecule has 1 aromatic carbocycles. The lowest BCUT2D eigenvalue weighted by atomic mass is 9.91. The number of ether oxygens (including phenoxy) is 1. The van der Waals surface area contributed by atoms with Crippen molar-refractivity contribution in [2.45, 2.75) is 44.8 Å². The maximum absolute atomic E-state index is 12.7. The minimum absolute atomic E-state index is 0.187. The van der Waals surface area contributed by atoms with Crippen LogP contribution in [0.15, 0.2) is 30.4 Å². The molecule has 1 aromatic rings. The van der Waals surface area contributed by atoms with Gasteiger partial charge in [-0.2, -0.15) is 0 Å². The van der Waals surface area contributed by atoms with Crippen molar-refractivity contribution in [3.63, 3.8) is 0 Å². The van der Waals surface area contributed by atoms with Gasteiger partial charge in [-0.15, -0.1) is 0 Å². The number of carbonyl (C=O) groups excluding carboxylic acids is 2. The van der Waals surface area contributed by atoms with E-state index < -0.39 is 11.6 Å². The van der Waals surface area contributed by atoms with Crippen LogP contribution in [0.25, 0.3) is 12.8 Å². The molecule has 1 saturated heterocycles. The third kappa shape index (κ3) is 11.2. The minimum atomic E-state index is -1.10. The van der Waals surface area contributed by atoms with Crippen LogP contribution in [0.2, 0.25) is 0 Å². The van der Waals surface area contributed by atoms with E-state index in [2.05, 4.69) is 35.5 Å². The van der Waals surface area contributed by atoms with Crippen LogP contribution in [-0.4, -0.2) is 96.8 Å². The number of aldehydes is 1. The molecule has 0 aromatic heterocycles. The number of aliphatic carboxylic acids is 1. The smallest absolute Gasteiger partial charge is 0.328 e. The summed E-state index contributed by atoms with van der Waals surface area (Å²) in [4.78, 5) is 36.1. The molecule has 1 aliphatic heterocycles. The fourth-order valence-electron chi connectivity index (χ4n) is 3.57. The van der Waals surface area contributed by atoms with Crippen LogP contribution in [0.4, 0.5) is 0 Å². The van der Waals surface area contributed by atoms with Crippen molar-refractivity contribution in [3.05, 3.63) is 46.4 Å². The summed E-state index contributed by atoms with van der Waals surface area (Å²) in [5.74, 6) is -1.29. The molecule has 36 heavy (non-hydrogen) atoms. The third-order valence-corrected chi connectivity index (χ3v) is 6.12. The minimum Gasteiger partial charge on any atom is -0.478 e. The summed E-state index contributed by atoms with van der Waals surface area (Å²) in [6, 6.07) is 5.98. The molecular weight excluding hydrogens is 462 g/mol. The highest BCUT2D eigenvalue weighted by Crippen LogP contribution is 2.21. The van der Waals surface area contributed by atoms with Gasteiger partial charge in [0, 0.05) is 70.8 Å². The Balaban J connectivity index is 0.000000809. The number of aliphatic hydroxyl groups is 1. The number of methoxy groups -OCH3 is 1. The lowest BCUT2D eigenvalue weighted by Crippen LogP contribution is -2.51. The van der Waals surface area contributed by atoms with E-state index in [4.69, 9.17) is 9.84 Å². The van der Waals surface area contributed by atoms with Gasteiger partial charge >= 0.3 is 5.97 Å². The molecule has 200 valence electrons. The number of piperidine rings is 1. The Morgan fingerprint density at radius 2 is 1.97 bits per heavy atom. The zero-order chi connectivity index (χ0) is 27.1. The van der Waals surface area contributed by atoms with Crippen LogP contribution in [0.1, 0.15) is 43.5 Å². The molecule has 3 N–H and O–H groups in total. The number of rotatable bonds is 11. The molecule has 0 spiro atoms. The molecule has 0 saturated carbocycles. The summed E-state index contributed by atoms with van der Waals surface area (Å²) in [5, 5.41) is 23.2. The highest BCUT2D eigenvalue weighted by molar-refractivity contribution is 5.94. The van der Waals surface area contributed by atoms with Gasteiger partial charge in [-0.3, -0.25) is 9.59 Å². The topological polar surface area (TPSA) is 119 Å². The lowest BCUT2D eigenvalue weighted by Gasteiger charge is -2.38. The van der Waals surface area contributed by atoms with Crippen molar-refractivity contribution >= 4 is 30.9 Å². The van der Waals surface area contributed by atoms with Crippen molar-refractivity contribution in [2.75, 3.05) is 46.9 Å². The zero-order valence-electron chi connectivity index (χ0n) is 21.9. The van der Waals surface area contributed by atoms with E-state index in [9.17, 15) is 19.5 Å². The first-order valence-corrected chi connectivity index (χ1v) is 12.1. The molecule has 9 nitrogen and oxygen atoms in total. The fraction of sp³-hybridized carbons (Fsp3) is 0.519. The van der Waals surface area contributed by atoms with E-state index in [1.807, 2.05) is 25.4 Å². The van der Waals surface area contributed by atoms with Crippen molar-refractivity contribution in [1.82, 2.24) is 15.1 Å². The van der Waals surface area contributed by atoms with Crippen molar-refractivity contribution in [3.8, 4) is 0 Å². The third-order valence-electron chi connectivity index (χ3n) is 6.12. The van der Waals surface area contributed by atoms with E-state index in [0.29, 0.717) is 36.0 Å². The van der Waals surface area contributed by atoms with E-state index in [0.717, 1.165) is 50.0 Å². The van der Waals surface area contributed by atoms with E-state index in [-0.39, 0.29) is 12.5 Å². The highest BCUT2D eigenvalue weighted by atomic mass is 16.5. The van der Waals surface area contributed by atoms with Gasteiger partial charge in [0.25, 0.3) is 5.91 Å². The predicted molar refractivity (Wildman–Crippen MR) is 141 cm³/mol. The number of allylic oxidation sites excluding steroid dienone is 1. The summed E-state index contributed by atoms with van der Waals surface area (Å²) in [6.45, 7) is 12.0. The molecule has 9 heteroatoms. The van der Waals surface area contributed by atoms with Gasteiger partial charge in [0.1, 0.15) is 6.29 Å². The number of benzene rings is 1. The molecule has 0 aliphatic carbocycles. The summed E-state index contributed by atoms with van der Waals surface area (Å²) in [6.07, 6.45) is 6.42. The van der Waals surface area contributed by atoms with Gasteiger partial charge in [0.15, 0.2) is 0 Å². The number of nitrogens with one attached hydrogen (secondary N) is 1. The van der Waals surface area contributed by atoms with Gasteiger partial charge in [-0.25, -0.2) is 4.79 Å². The number of amides is 1. The summed E-state index contributed by atoms with van der Waals surface area (Å²) in [7, 11) is 3.72. The van der Waals surface area contributed by atoms with Crippen LogP contribution in [0.3, 0.4) is 0 Å². The van der Waals surface area contributed by atoms with Crippen LogP contribution in [0.5, 0.6) is 0 Å². The number of carboxylic acid groups (broad SMARTS) is 1. The summed E-state index contributed by atoms with van der Waals surface area (Å²) < 4.78 is 5.10. The van der Waals surface area contributed by atoms with E-state index in [1.165, 1.54) is 0 Å². The second-order valence-electron chi connectivity index (χ2n) is 9.19. The maximum Gasteiger partial charge on any atom is 0.328 e. The molecule has 1 amide bonds. The maximum atomic E-state index is 12.7. The number of hydrogen-bond donors (Lipinski definition) is 3. The SMILES string of the molecule is C=c1c(C(=O)NCC2(O)CCN(CCCOC)CC2)ccc/c1=C/N(C)C(C)C.O=C/C=C/C(=O)O. The molecule has 1 heterocycles. The zero-order valence-corrected chi connectivity index (χ0v) is 21.9. The van der Waals surface area contributed by atoms with Gasteiger partial charge < -0.3 is 30.1 Å². The van der Waals surface area contributed by atoms with Gasteiger partial charge in [0.2, 0.25) is 0 Å². The average molecular weight is 504 g/mol. The second-order valence-corrected chi connectivity index (χ2v) is 9.19. The van der Waals surface area contributed by atoms with Gasteiger partial charge in [-0.1, -0.05) is 18.7 Å². The van der Waals surface area contributed by atoms with Crippen LogP contribution in [-0.2, 0) is 14.3 Å². The summed E-state index contributed by atoms with van der Waals surface area (Å²) >= 11 is 0. The van der Waals surface area contributed by atoms with Crippen molar-refractivity contribution in [2.24, 2.45) is 0 Å². The molecular formula is C27H41N3O6. The monoisotopic (exact) mass is 503 g/mol. The van der Waals surface area contributed by atoms with Crippen LogP contribution < -0.4 is 15.8 Å². The molecule has 1 fully saturated rings. The first kappa shape index (κ1) is 31.0. The summed E-state index contributed by atoms with van der Waals surface area (Å²) in [5.41, 5.74) is -0.299. The van der Waals surface area contributed by atoms with E-state index >= 15 is 0 Å². The second kappa shape index (κ2) is 15.9. The molecule has 0 unspecified atom stereocenters. The Labute approximate surface area is 213 Å². The number of nitrogens with zero attached hydrogens (tertiary/aromatic N) is 2. The Bertz CT molecular complexity index is 984. The number of likely N-dealkylation sites (tertiary alicyclic amines) is 1. The number of carboxylic acids is 1. The Morgan fingerprint density at radius 3 is 2.50 bits per heavy atom. The van der Waals surface area contributed by atoms with Crippen LogP contribution >= 0.6 is 0 Å². The predicted octanol–water partition coefficient (Wildman–Crippen LogP) is 0.594. The molecule has 0 bridgehead atoms. The average Bonchev–Trinajstić information content (AvgIpc) is 2.84. The lowest BCUT2D eigenvalue weighted by molar-refractivity contribution is -0.131. The first-order chi connectivity index (χ1) is 17.0. The first-order valence-electron chi connectivity index (χ1n) is 12.1. The van der Waals surface area contributed by atoms with Gasteiger partial charge in [0.05, 0.1) is 5.60 Å². The molecule has 2 rings (SSSR count). The quantitative estimate of drug-likeness (QED) is 0.228. The number of hydrogen-bond acceptors (Lipinski definition) is 7. The van der Waals surface area contributed by atoms with Crippen molar-refractivity contribution < 1.29 is 29.3 Å². The molecule has 0 atom stereocenters. The van der Waals surface area contributed by atoms with Crippen molar-refractivity contribution in [1.29, 1.82) is 0 Å². The number of carbonyl (C=O) groups is 3. The van der Waals surface area contributed by atoms with Crippen LogP contribution in [0, 0.1) is 0 Å². The molecule has 1 aliphatic rings. The normalized spacial score (nSPS) is 15.9. The Kier molecular flexibility index (Phi) is 13.7. The standard InChI is InChI=1S/C23H37N3O3.C4H4O3/c1-18(2)25(4)16-20-8-6-9-21(19(20)3)22(27)24-17-23(28)10-13-26(14-11-23)12-7-15-29-5;5-3-1-2-4(6)7/h6,8-9,16,18,28H,3,7,10-15,17H2,1-2,4-5H3,(H,24,27);1-3H,(H,6,7)/b20-16-;2-1+.